The van der Waals surface area contributed by atoms with Crippen LogP contribution in [0.15, 0.2) is 52.1 Å². The fourth-order valence-corrected chi connectivity index (χ4v) is 2.59. The second-order valence-electron chi connectivity index (χ2n) is 5.61. The number of benzene rings is 1. The first-order valence-electron chi connectivity index (χ1n) is 8.26. The molecule has 0 saturated carbocycles. The van der Waals surface area contributed by atoms with E-state index in [-0.39, 0.29) is 30.1 Å². The third-order valence-electron chi connectivity index (χ3n) is 3.94. The molecule has 0 atom stereocenters. The molecule has 0 unspecified atom stereocenters. The summed E-state index contributed by atoms with van der Waals surface area (Å²) in [6.45, 7) is 2.43. The van der Waals surface area contributed by atoms with Gasteiger partial charge in [0.15, 0.2) is 5.96 Å². The summed E-state index contributed by atoms with van der Waals surface area (Å²) >= 11 is 0. The predicted octanol–water partition coefficient (Wildman–Crippen LogP) is 2.76. The van der Waals surface area contributed by atoms with Gasteiger partial charge in [0.1, 0.15) is 12.4 Å². The van der Waals surface area contributed by atoms with Gasteiger partial charge in [-0.1, -0.05) is 12.1 Å². The number of nitrogens with zero attached hydrogens (tertiary/aromatic N) is 2. The maximum absolute atomic E-state index is 11.6. The Kier molecular flexibility index (Phi) is 7.76. The van der Waals surface area contributed by atoms with E-state index in [1.807, 2.05) is 36.4 Å². The highest BCUT2D eigenvalue weighted by Gasteiger charge is 2.23. The molecule has 7 nitrogen and oxygen atoms in total. The molecule has 1 saturated heterocycles. The Labute approximate surface area is 169 Å². The van der Waals surface area contributed by atoms with Crippen LogP contribution in [0.3, 0.4) is 0 Å². The van der Waals surface area contributed by atoms with Crippen molar-refractivity contribution in [3.05, 3.63) is 54.0 Å². The molecular formula is C18H23IN4O3. The van der Waals surface area contributed by atoms with Crippen LogP contribution in [0, 0.1) is 0 Å². The number of guanidine groups is 1. The Balaban J connectivity index is 0.00000243. The molecule has 2 N–H and O–H groups in total. The van der Waals surface area contributed by atoms with Crippen molar-refractivity contribution >= 4 is 41.7 Å². The Morgan fingerprint density at radius 1 is 1.23 bits per heavy atom. The molecule has 0 radical (unpaired) electrons. The molecule has 26 heavy (non-hydrogen) atoms. The van der Waals surface area contributed by atoms with Crippen LogP contribution < -0.4 is 15.5 Å². The van der Waals surface area contributed by atoms with Gasteiger partial charge in [-0.3, -0.25) is 9.89 Å². The number of carbonyl (C=O) groups is 1. The zero-order chi connectivity index (χ0) is 17.5. The van der Waals surface area contributed by atoms with E-state index in [9.17, 15) is 4.79 Å². The summed E-state index contributed by atoms with van der Waals surface area (Å²) < 4.78 is 10.3. The summed E-state index contributed by atoms with van der Waals surface area (Å²) in [6, 6.07) is 11.7. The highest BCUT2D eigenvalue weighted by atomic mass is 127. The van der Waals surface area contributed by atoms with Gasteiger partial charge in [-0.05, 0) is 29.8 Å². The van der Waals surface area contributed by atoms with E-state index in [1.165, 1.54) is 0 Å². The van der Waals surface area contributed by atoms with Crippen molar-refractivity contribution in [3.8, 4) is 0 Å². The maximum atomic E-state index is 11.6. The lowest BCUT2D eigenvalue weighted by molar-refractivity contribution is 0.181. The number of ether oxygens (including phenoxy) is 1. The van der Waals surface area contributed by atoms with Gasteiger partial charge in [-0.2, -0.15) is 0 Å². The molecule has 1 aliphatic heterocycles. The molecule has 1 fully saturated rings. The van der Waals surface area contributed by atoms with E-state index in [0.29, 0.717) is 19.7 Å². The first-order valence-corrected chi connectivity index (χ1v) is 8.26. The lowest BCUT2D eigenvalue weighted by Gasteiger charge is -2.14. The van der Waals surface area contributed by atoms with Gasteiger partial charge in [0.2, 0.25) is 0 Å². The molecular weight excluding hydrogens is 447 g/mol. The molecule has 1 aliphatic rings. The summed E-state index contributed by atoms with van der Waals surface area (Å²) in [6.07, 6.45) is 2.19. The number of cyclic esters (lactones) is 1. The number of carbonyl (C=O) groups excluding carboxylic acids is 1. The van der Waals surface area contributed by atoms with Crippen LogP contribution in [0.1, 0.15) is 11.3 Å². The number of hydrogen-bond donors (Lipinski definition) is 2. The lowest BCUT2D eigenvalue weighted by Crippen LogP contribution is -2.37. The number of hydrogen-bond acceptors (Lipinski definition) is 4. The fourth-order valence-electron chi connectivity index (χ4n) is 2.59. The van der Waals surface area contributed by atoms with Gasteiger partial charge >= 0.3 is 6.09 Å². The highest BCUT2D eigenvalue weighted by molar-refractivity contribution is 14.0. The highest BCUT2D eigenvalue weighted by Crippen LogP contribution is 2.19. The SMILES string of the molecule is CN=C(NCCc1ccco1)NCc1ccc(N2CCOC2=O)cc1.I. The number of aliphatic imine (C=N–C) groups is 1. The Morgan fingerprint density at radius 3 is 2.65 bits per heavy atom. The zero-order valence-corrected chi connectivity index (χ0v) is 16.9. The monoisotopic (exact) mass is 470 g/mol. The number of amides is 1. The van der Waals surface area contributed by atoms with Crippen LogP contribution in [0.25, 0.3) is 0 Å². The molecule has 2 aromatic rings. The van der Waals surface area contributed by atoms with Crippen molar-refractivity contribution in [2.24, 2.45) is 4.99 Å². The van der Waals surface area contributed by atoms with Gasteiger partial charge in [0, 0.05) is 32.2 Å². The van der Waals surface area contributed by atoms with Gasteiger partial charge in [0.05, 0.1) is 12.8 Å². The predicted molar refractivity (Wildman–Crippen MR) is 111 cm³/mol. The van der Waals surface area contributed by atoms with Gasteiger partial charge in [-0.15, -0.1) is 24.0 Å². The van der Waals surface area contributed by atoms with Gasteiger partial charge < -0.3 is 19.8 Å². The Morgan fingerprint density at radius 2 is 2.04 bits per heavy atom. The second kappa shape index (κ2) is 10.0. The number of rotatable bonds is 6. The number of furan rings is 1. The van der Waals surface area contributed by atoms with E-state index in [4.69, 9.17) is 9.15 Å². The van der Waals surface area contributed by atoms with Crippen LogP contribution in [0.4, 0.5) is 10.5 Å². The van der Waals surface area contributed by atoms with Crippen molar-refractivity contribution in [2.45, 2.75) is 13.0 Å². The molecule has 1 aromatic heterocycles. The largest absolute Gasteiger partial charge is 0.469 e. The van der Waals surface area contributed by atoms with E-state index in [0.717, 1.165) is 35.9 Å². The molecule has 0 spiro atoms. The minimum Gasteiger partial charge on any atom is -0.469 e. The van der Waals surface area contributed by atoms with Crippen molar-refractivity contribution in [3.63, 3.8) is 0 Å². The van der Waals surface area contributed by atoms with Crippen molar-refractivity contribution < 1.29 is 13.9 Å². The molecule has 140 valence electrons. The minimum atomic E-state index is -0.285. The lowest BCUT2D eigenvalue weighted by atomic mass is 10.2. The molecule has 0 aliphatic carbocycles. The average molecular weight is 470 g/mol. The van der Waals surface area contributed by atoms with Crippen LogP contribution in [-0.2, 0) is 17.7 Å². The van der Waals surface area contributed by atoms with Crippen LogP contribution in [0.2, 0.25) is 0 Å². The summed E-state index contributed by atoms with van der Waals surface area (Å²) in [4.78, 5) is 17.4. The van der Waals surface area contributed by atoms with Crippen molar-refractivity contribution in [1.82, 2.24) is 10.6 Å². The molecule has 3 rings (SSSR count). The normalized spacial score (nSPS) is 14.0. The fraction of sp³-hybridized carbons (Fsp3) is 0.333. The average Bonchev–Trinajstić information content (AvgIpc) is 3.30. The Hall–Kier alpha value is -2.23. The van der Waals surface area contributed by atoms with E-state index >= 15 is 0 Å². The van der Waals surface area contributed by atoms with E-state index < -0.39 is 0 Å². The molecule has 8 heteroatoms. The van der Waals surface area contributed by atoms with Crippen LogP contribution in [0.5, 0.6) is 0 Å². The van der Waals surface area contributed by atoms with Crippen molar-refractivity contribution in [2.75, 3.05) is 31.6 Å². The summed E-state index contributed by atoms with van der Waals surface area (Å²) in [5.41, 5.74) is 1.96. The van der Waals surface area contributed by atoms with Crippen molar-refractivity contribution in [1.29, 1.82) is 0 Å². The third kappa shape index (κ3) is 5.38. The Bertz CT molecular complexity index is 717. The quantitative estimate of drug-likeness (QED) is 0.386. The summed E-state index contributed by atoms with van der Waals surface area (Å²) in [7, 11) is 1.74. The summed E-state index contributed by atoms with van der Waals surface area (Å²) in [5.74, 6) is 1.68. The maximum Gasteiger partial charge on any atom is 0.414 e. The van der Waals surface area contributed by atoms with Crippen LogP contribution in [-0.4, -0.2) is 38.8 Å². The third-order valence-corrected chi connectivity index (χ3v) is 3.94. The topological polar surface area (TPSA) is 79.1 Å². The zero-order valence-electron chi connectivity index (χ0n) is 14.6. The number of anilines is 1. The molecule has 1 aromatic carbocycles. The summed E-state index contributed by atoms with van der Waals surface area (Å²) in [5, 5.41) is 6.52. The first kappa shape index (κ1) is 20.1. The smallest absolute Gasteiger partial charge is 0.414 e. The van der Waals surface area contributed by atoms with Crippen LogP contribution >= 0.6 is 24.0 Å². The number of halogens is 1. The van der Waals surface area contributed by atoms with E-state index in [1.54, 1.807) is 18.2 Å². The second-order valence-corrected chi connectivity index (χ2v) is 5.61. The van der Waals surface area contributed by atoms with Gasteiger partial charge in [-0.25, -0.2) is 4.79 Å². The number of nitrogens with one attached hydrogen (secondary N) is 2. The van der Waals surface area contributed by atoms with E-state index in [2.05, 4.69) is 15.6 Å². The molecule has 2 heterocycles. The standard InChI is InChI=1S/C18H22N4O3.HI/c1-19-17(20-9-8-16-3-2-11-24-16)21-13-14-4-6-15(7-5-14)22-10-12-25-18(22)23;/h2-7,11H,8-10,12-13H2,1H3,(H2,19,20,21);1H. The first-order chi connectivity index (χ1) is 12.3. The molecule has 1 amide bonds. The van der Waals surface area contributed by atoms with Gasteiger partial charge in [0.25, 0.3) is 0 Å². The minimum absolute atomic E-state index is 0. The molecule has 0 bridgehead atoms.